The molecule has 17 heavy (non-hydrogen) atoms. The quantitative estimate of drug-likeness (QED) is 0.804. The smallest absolute Gasteiger partial charge is 0.207 e. The van der Waals surface area contributed by atoms with Crippen LogP contribution in [0, 0.1) is 11.8 Å². The molecule has 0 saturated carbocycles. The number of sulfonamides is 1. The monoisotopic (exact) mass is 293 g/mol. The minimum Gasteiger partial charge on any atom is -0.207 e. The molecule has 2 heterocycles. The minimum atomic E-state index is -3.34. The van der Waals surface area contributed by atoms with Crippen molar-refractivity contribution in [2.45, 2.75) is 24.6 Å². The predicted octanol–water partition coefficient (Wildman–Crippen LogP) is 2.76. The molecule has 96 valence electrons. The first-order chi connectivity index (χ1) is 7.96. The fourth-order valence-electron chi connectivity index (χ4n) is 2.07. The summed E-state index contributed by atoms with van der Waals surface area (Å²) in [5.74, 6) is 1.09. The van der Waals surface area contributed by atoms with E-state index < -0.39 is 10.0 Å². The molecule has 0 aliphatic carbocycles. The van der Waals surface area contributed by atoms with Crippen LogP contribution in [0.4, 0.5) is 0 Å². The summed E-state index contributed by atoms with van der Waals surface area (Å²) < 4.78 is 26.5. The summed E-state index contributed by atoms with van der Waals surface area (Å²) in [6.45, 7) is 5.41. The number of hydrogen-bond acceptors (Lipinski definition) is 3. The Morgan fingerprint density at radius 2 is 2.00 bits per heavy atom. The summed E-state index contributed by atoms with van der Waals surface area (Å²) in [6, 6.07) is 1.66. The molecule has 0 amide bonds. The Morgan fingerprint density at radius 1 is 1.41 bits per heavy atom. The standard InChI is InChI=1S/C11H16ClNO2S2/c1-8-6-13(7-9(8)2)17(14,15)11-3-4-16-10(11)5-12/h3-4,8-9H,5-7H2,1-2H3. The first kappa shape index (κ1) is 13.3. The number of nitrogens with zero attached hydrogens (tertiary/aromatic N) is 1. The average molecular weight is 294 g/mol. The molecule has 2 atom stereocenters. The molecule has 1 aromatic heterocycles. The van der Waals surface area contributed by atoms with Crippen LogP contribution >= 0.6 is 22.9 Å². The molecule has 2 unspecified atom stereocenters. The highest BCUT2D eigenvalue weighted by molar-refractivity contribution is 7.89. The fourth-order valence-corrected chi connectivity index (χ4v) is 5.38. The highest BCUT2D eigenvalue weighted by Gasteiger charge is 2.36. The highest BCUT2D eigenvalue weighted by atomic mass is 35.5. The first-order valence-corrected chi connectivity index (χ1v) is 8.44. The minimum absolute atomic E-state index is 0.255. The number of halogens is 1. The van der Waals surface area contributed by atoms with E-state index in [0.717, 1.165) is 4.88 Å². The van der Waals surface area contributed by atoms with Crippen LogP contribution in [-0.2, 0) is 15.9 Å². The van der Waals surface area contributed by atoms with E-state index in [1.165, 1.54) is 11.3 Å². The molecule has 0 aromatic carbocycles. The van der Waals surface area contributed by atoms with Gasteiger partial charge in [0.2, 0.25) is 10.0 Å². The Hall–Kier alpha value is -0.100. The number of thiophene rings is 1. The average Bonchev–Trinajstić information content (AvgIpc) is 2.86. The fraction of sp³-hybridized carbons (Fsp3) is 0.636. The highest BCUT2D eigenvalue weighted by Crippen LogP contribution is 2.31. The van der Waals surface area contributed by atoms with E-state index in [1.807, 2.05) is 0 Å². The third-order valence-electron chi connectivity index (χ3n) is 3.40. The maximum atomic E-state index is 12.4. The summed E-state index contributed by atoms with van der Waals surface area (Å²) in [7, 11) is -3.34. The molecule has 1 saturated heterocycles. The van der Waals surface area contributed by atoms with E-state index in [-0.39, 0.29) is 5.88 Å². The van der Waals surface area contributed by atoms with Crippen molar-refractivity contribution >= 4 is 33.0 Å². The van der Waals surface area contributed by atoms with Crippen molar-refractivity contribution in [2.75, 3.05) is 13.1 Å². The third-order valence-corrected chi connectivity index (χ3v) is 6.79. The zero-order valence-corrected chi connectivity index (χ0v) is 12.3. The molecule has 1 aliphatic heterocycles. The third kappa shape index (κ3) is 2.38. The first-order valence-electron chi connectivity index (χ1n) is 5.59. The van der Waals surface area contributed by atoms with Crippen LogP contribution in [-0.4, -0.2) is 25.8 Å². The molecule has 0 radical (unpaired) electrons. The summed E-state index contributed by atoms with van der Waals surface area (Å²) in [5.41, 5.74) is 0. The van der Waals surface area contributed by atoms with Gasteiger partial charge in [-0.3, -0.25) is 0 Å². The van der Waals surface area contributed by atoms with Crippen LogP contribution in [0.5, 0.6) is 0 Å². The second-order valence-corrected chi connectivity index (χ2v) is 7.79. The number of rotatable bonds is 3. The van der Waals surface area contributed by atoms with Crippen molar-refractivity contribution in [1.29, 1.82) is 0 Å². The van der Waals surface area contributed by atoms with E-state index in [2.05, 4.69) is 13.8 Å². The van der Waals surface area contributed by atoms with Gasteiger partial charge in [0.1, 0.15) is 0 Å². The Balaban J connectivity index is 2.32. The van der Waals surface area contributed by atoms with Crippen LogP contribution in [0.3, 0.4) is 0 Å². The van der Waals surface area contributed by atoms with Gasteiger partial charge in [-0.2, -0.15) is 4.31 Å². The zero-order chi connectivity index (χ0) is 12.6. The van der Waals surface area contributed by atoms with E-state index in [4.69, 9.17) is 11.6 Å². The van der Waals surface area contributed by atoms with Crippen molar-refractivity contribution in [2.24, 2.45) is 11.8 Å². The topological polar surface area (TPSA) is 37.4 Å². The molecule has 6 heteroatoms. The lowest BCUT2D eigenvalue weighted by Crippen LogP contribution is -2.29. The van der Waals surface area contributed by atoms with Gasteiger partial charge in [-0.05, 0) is 23.3 Å². The summed E-state index contributed by atoms with van der Waals surface area (Å²) >= 11 is 7.17. The van der Waals surface area contributed by atoms with E-state index in [9.17, 15) is 8.42 Å². The van der Waals surface area contributed by atoms with Gasteiger partial charge in [0.15, 0.2) is 0 Å². The van der Waals surface area contributed by atoms with Gasteiger partial charge in [-0.15, -0.1) is 22.9 Å². The second-order valence-electron chi connectivity index (χ2n) is 4.62. The summed E-state index contributed by atoms with van der Waals surface area (Å²) in [5, 5.41) is 1.79. The molecule has 0 N–H and O–H groups in total. The van der Waals surface area contributed by atoms with E-state index >= 15 is 0 Å². The molecular formula is C11H16ClNO2S2. The van der Waals surface area contributed by atoms with Crippen LogP contribution in [0.25, 0.3) is 0 Å². The second kappa shape index (κ2) is 4.88. The summed E-state index contributed by atoms with van der Waals surface area (Å²) in [6.07, 6.45) is 0. The number of hydrogen-bond donors (Lipinski definition) is 0. The van der Waals surface area contributed by atoms with Crippen molar-refractivity contribution < 1.29 is 8.42 Å². The van der Waals surface area contributed by atoms with E-state index in [1.54, 1.807) is 15.8 Å². The molecular weight excluding hydrogens is 278 g/mol. The normalized spacial score (nSPS) is 26.5. The van der Waals surface area contributed by atoms with Crippen LogP contribution in [0.2, 0.25) is 0 Å². The number of alkyl halides is 1. The molecule has 2 rings (SSSR count). The lowest BCUT2D eigenvalue weighted by Gasteiger charge is -2.16. The Labute approximate surface area is 111 Å². The maximum absolute atomic E-state index is 12.4. The van der Waals surface area contributed by atoms with Crippen LogP contribution in [0.15, 0.2) is 16.3 Å². The van der Waals surface area contributed by atoms with Gasteiger partial charge in [0, 0.05) is 18.0 Å². The molecule has 0 spiro atoms. The lowest BCUT2D eigenvalue weighted by atomic mass is 10.0. The lowest BCUT2D eigenvalue weighted by molar-refractivity contribution is 0.463. The van der Waals surface area contributed by atoms with Gasteiger partial charge in [-0.25, -0.2) is 8.42 Å². The van der Waals surface area contributed by atoms with Crippen molar-refractivity contribution in [1.82, 2.24) is 4.31 Å². The Kier molecular flexibility index (Phi) is 3.83. The van der Waals surface area contributed by atoms with Crippen molar-refractivity contribution in [3.05, 3.63) is 16.3 Å². The van der Waals surface area contributed by atoms with Crippen molar-refractivity contribution in [3.8, 4) is 0 Å². The molecule has 1 aromatic rings. The SMILES string of the molecule is CC1CN(S(=O)(=O)c2ccsc2CCl)CC1C. The molecule has 1 aliphatic rings. The van der Waals surface area contributed by atoms with Crippen LogP contribution < -0.4 is 0 Å². The van der Waals surface area contributed by atoms with Crippen molar-refractivity contribution in [3.63, 3.8) is 0 Å². The van der Waals surface area contributed by atoms with Gasteiger partial charge < -0.3 is 0 Å². The van der Waals surface area contributed by atoms with Crippen LogP contribution in [0.1, 0.15) is 18.7 Å². The zero-order valence-electron chi connectivity index (χ0n) is 9.89. The Bertz CT molecular complexity index is 487. The largest absolute Gasteiger partial charge is 0.244 e. The molecule has 3 nitrogen and oxygen atoms in total. The Morgan fingerprint density at radius 3 is 2.53 bits per heavy atom. The predicted molar refractivity (Wildman–Crippen MR) is 71.0 cm³/mol. The maximum Gasteiger partial charge on any atom is 0.244 e. The van der Waals surface area contributed by atoms with E-state index in [0.29, 0.717) is 29.8 Å². The van der Waals surface area contributed by atoms with Gasteiger partial charge >= 0.3 is 0 Å². The van der Waals surface area contributed by atoms with Gasteiger partial charge in [0.05, 0.1) is 10.8 Å². The van der Waals surface area contributed by atoms with Gasteiger partial charge in [0.25, 0.3) is 0 Å². The molecule has 1 fully saturated rings. The molecule has 0 bridgehead atoms. The van der Waals surface area contributed by atoms with Gasteiger partial charge in [-0.1, -0.05) is 13.8 Å². The summed E-state index contributed by atoms with van der Waals surface area (Å²) in [4.78, 5) is 1.12.